The predicted molar refractivity (Wildman–Crippen MR) is 83.5 cm³/mol. The van der Waals surface area contributed by atoms with E-state index in [9.17, 15) is 0 Å². The largest absolute Gasteiger partial charge is 0.409 e. The molecule has 21 heavy (non-hydrogen) atoms. The molecule has 0 radical (unpaired) electrons. The zero-order chi connectivity index (χ0) is 15.1. The van der Waals surface area contributed by atoms with Gasteiger partial charge in [0.05, 0.1) is 5.92 Å². The van der Waals surface area contributed by atoms with Crippen molar-refractivity contribution in [2.75, 3.05) is 26.2 Å². The molecule has 0 saturated carbocycles. The van der Waals surface area contributed by atoms with Gasteiger partial charge < -0.3 is 20.9 Å². The van der Waals surface area contributed by atoms with Crippen molar-refractivity contribution >= 4 is 5.84 Å². The molecule has 1 aromatic rings. The lowest BCUT2D eigenvalue weighted by Crippen LogP contribution is -2.41. The Bertz CT molecular complexity index is 448. The highest BCUT2D eigenvalue weighted by atomic mass is 16.4. The van der Waals surface area contributed by atoms with Crippen LogP contribution in [0, 0.1) is 5.92 Å². The van der Waals surface area contributed by atoms with Gasteiger partial charge in [0.2, 0.25) is 0 Å². The van der Waals surface area contributed by atoms with Gasteiger partial charge in [-0.2, -0.15) is 0 Å². The lowest BCUT2D eigenvalue weighted by atomic mass is 9.92. The van der Waals surface area contributed by atoms with E-state index in [1.54, 1.807) is 0 Å². The van der Waals surface area contributed by atoms with Crippen LogP contribution in [0.15, 0.2) is 35.5 Å². The fraction of sp³-hybridized carbons (Fsp3) is 0.562. The predicted octanol–water partition coefficient (Wildman–Crippen LogP) is 1.61. The maximum absolute atomic E-state index is 9.10. The molecule has 0 amide bonds. The van der Waals surface area contributed by atoms with Gasteiger partial charge in [0.25, 0.3) is 0 Å². The molecular formula is C16H25N3O2. The van der Waals surface area contributed by atoms with Gasteiger partial charge in [-0.3, -0.25) is 0 Å². The quantitative estimate of drug-likeness (QED) is 0.322. The zero-order valence-corrected chi connectivity index (χ0v) is 12.4. The van der Waals surface area contributed by atoms with Crippen molar-refractivity contribution in [1.82, 2.24) is 4.90 Å². The number of likely N-dealkylation sites (tertiary alicyclic amines) is 1. The van der Waals surface area contributed by atoms with Gasteiger partial charge in [-0.15, -0.1) is 0 Å². The topological polar surface area (TPSA) is 82.1 Å². The van der Waals surface area contributed by atoms with Gasteiger partial charge in [-0.25, -0.2) is 0 Å². The Kier molecular flexibility index (Phi) is 6.02. The van der Waals surface area contributed by atoms with Gasteiger partial charge in [-0.05, 0) is 37.3 Å². The summed E-state index contributed by atoms with van der Waals surface area (Å²) in [7, 11) is 0. The smallest absolute Gasteiger partial charge is 0.147 e. The lowest BCUT2D eigenvalue weighted by molar-refractivity contribution is 0.146. The van der Waals surface area contributed by atoms with Crippen LogP contribution in [-0.4, -0.2) is 47.3 Å². The summed E-state index contributed by atoms with van der Waals surface area (Å²) in [5, 5.41) is 21.4. The number of aliphatic hydroxyl groups is 1. The van der Waals surface area contributed by atoms with Crippen LogP contribution in [-0.2, 0) is 0 Å². The number of aliphatic hydroxyl groups excluding tert-OH is 1. The minimum atomic E-state index is -0.0934. The third-order valence-corrected chi connectivity index (χ3v) is 4.26. The van der Waals surface area contributed by atoms with E-state index in [4.69, 9.17) is 16.0 Å². The fourth-order valence-electron chi connectivity index (χ4n) is 3.12. The second-order valence-electron chi connectivity index (χ2n) is 5.77. The first-order chi connectivity index (χ1) is 10.2. The molecule has 2 atom stereocenters. The molecular weight excluding hydrogens is 266 g/mol. The Labute approximate surface area is 126 Å². The minimum Gasteiger partial charge on any atom is -0.409 e. The number of hydrogen-bond acceptors (Lipinski definition) is 4. The van der Waals surface area contributed by atoms with E-state index in [1.807, 2.05) is 30.3 Å². The number of hydrogen-bond donors (Lipinski definition) is 3. The Morgan fingerprint density at radius 3 is 2.81 bits per heavy atom. The summed E-state index contributed by atoms with van der Waals surface area (Å²) in [5.41, 5.74) is 6.96. The molecule has 1 aromatic carbocycles. The van der Waals surface area contributed by atoms with Gasteiger partial charge >= 0.3 is 0 Å². The average molecular weight is 291 g/mol. The summed E-state index contributed by atoms with van der Waals surface area (Å²) in [4.78, 5) is 2.36. The summed E-state index contributed by atoms with van der Waals surface area (Å²) in [6, 6.07) is 9.93. The van der Waals surface area contributed by atoms with Crippen LogP contribution in [0.3, 0.4) is 0 Å². The van der Waals surface area contributed by atoms with E-state index in [0.717, 1.165) is 38.0 Å². The highest BCUT2D eigenvalue weighted by molar-refractivity contribution is 5.87. The van der Waals surface area contributed by atoms with Crippen molar-refractivity contribution in [3.63, 3.8) is 0 Å². The van der Waals surface area contributed by atoms with Crippen molar-refractivity contribution in [2.24, 2.45) is 16.8 Å². The lowest BCUT2D eigenvalue weighted by Gasteiger charge is -2.34. The first-order valence-corrected chi connectivity index (χ1v) is 7.60. The van der Waals surface area contributed by atoms with E-state index < -0.39 is 0 Å². The van der Waals surface area contributed by atoms with Crippen molar-refractivity contribution < 1.29 is 10.3 Å². The molecule has 1 saturated heterocycles. The standard InChI is InChI=1S/C16H25N3O2/c17-16(18-21)15(14-6-2-1-3-7-14)12-19-9-4-5-13(11-19)8-10-20/h1-3,6-7,13,15,20-21H,4-5,8-12H2,(H2,17,18). The normalized spacial score (nSPS) is 22.1. The Morgan fingerprint density at radius 1 is 1.38 bits per heavy atom. The minimum absolute atomic E-state index is 0.0934. The number of piperidine rings is 1. The third-order valence-electron chi connectivity index (χ3n) is 4.26. The number of amidine groups is 1. The maximum atomic E-state index is 9.10. The molecule has 5 nitrogen and oxygen atoms in total. The van der Waals surface area contributed by atoms with E-state index in [2.05, 4.69) is 10.1 Å². The molecule has 2 rings (SSSR count). The molecule has 5 heteroatoms. The van der Waals surface area contributed by atoms with Gasteiger partial charge in [0, 0.05) is 19.7 Å². The summed E-state index contributed by atoms with van der Waals surface area (Å²) in [6.45, 7) is 3.01. The van der Waals surface area contributed by atoms with Crippen LogP contribution in [0.25, 0.3) is 0 Å². The molecule has 2 unspecified atom stereocenters. The molecule has 1 aliphatic heterocycles. The fourth-order valence-corrected chi connectivity index (χ4v) is 3.12. The highest BCUT2D eigenvalue weighted by Gasteiger charge is 2.25. The molecule has 116 valence electrons. The Balaban J connectivity index is 2.05. The van der Waals surface area contributed by atoms with Crippen molar-refractivity contribution in [2.45, 2.75) is 25.2 Å². The van der Waals surface area contributed by atoms with E-state index in [0.29, 0.717) is 5.92 Å². The number of nitrogens with zero attached hydrogens (tertiary/aromatic N) is 2. The molecule has 1 fully saturated rings. The third kappa shape index (κ3) is 4.44. The molecule has 0 aromatic heterocycles. The van der Waals surface area contributed by atoms with Gasteiger partial charge in [0.1, 0.15) is 5.84 Å². The van der Waals surface area contributed by atoms with Crippen LogP contribution in [0.4, 0.5) is 0 Å². The number of oxime groups is 1. The summed E-state index contributed by atoms with van der Waals surface area (Å²) in [5.74, 6) is 0.710. The zero-order valence-electron chi connectivity index (χ0n) is 12.4. The molecule has 1 aliphatic rings. The Morgan fingerprint density at radius 2 is 2.14 bits per heavy atom. The van der Waals surface area contributed by atoms with Crippen LogP contribution < -0.4 is 5.73 Å². The summed E-state index contributed by atoms with van der Waals surface area (Å²) in [6.07, 6.45) is 3.18. The summed E-state index contributed by atoms with van der Waals surface area (Å²) < 4.78 is 0. The second kappa shape index (κ2) is 8.00. The SMILES string of the molecule is N/C(=N/O)C(CN1CCCC(CCO)C1)c1ccccc1. The number of rotatable bonds is 6. The first kappa shape index (κ1) is 15.8. The maximum Gasteiger partial charge on any atom is 0.147 e. The van der Waals surface area contributed by atoms with Crippen LogP contribution in [0.5, 0.6) is 0 Å². The molecule has 0 bridgehead atoms. The highest BCUT2D eigenvalue weighted by Crippen LogP contribution is 2.23. The number of nitrogens with two attached hydrogens (primary N) is 1. The molecule has 4 N–H and O–H groups in total. The van der Waals surface area contributed by atoms with Crippen LogP contribution in [0.1, 0.15) is 30.7 Å². The second-order valence-corrected chi connectivity index (χ2v) is 5.77. The molecule has 0 spiro atoms. The van der Waals surface area contributed by atoms with Crippen molar-refractivity contribution in [1.29, 1.82) is 0 Å². The number of benzene rings is 1. The van der Waals surface area contributed by atoms with Crippen molar-refractivity contribution in [3.05, 3.63) is 35.9 Å². The van der Waals surface area contributed by atoms with E-state index in [1.165, 1.54) is 6.42 Å². The van der Waals surface area contributed by atoms with E-state index in [-0.39, 0.29) is 18.4 Å². The first-order valence-electron chi connectivity index (χ1n) is 7.60. The average Bonchev–Trinajstić information content (AvgIpc) is 2.53. The molecule has 0 aliphatic carbocycles. The monoisotopic (exact) mass is 291 g/mol. The molecule has 1 heterocycles. The van der Waals surface area contributed by atoms with Crippen LogP contribution >= 0.6 is 0 Å². The van der Waals surface area contributed by atoms with Gasteiger partial charge in [-0.1, -0.05) is 35.5 Å². The Hall–Kier alpha value is -1.59. The van der Waals surface area contributed by atoms with E-state index >= 15 is 0 Å². The van der Waals surface area contributed by atoms with Gasteiger partial charge in [0.15, 0.2) is 0 Å². The summed E-state index contributed by atoms with van der Waals surface area (Å²) >= 11 is 0. The van der Waals surface area contributed by atoms with Crippen molar-refractivity contribution in [3.8, 4) is 0 Å². The van der Waals surface area contributed by atoms with Crippen LogP contribution in [0.2, 0.25) is 0 Å².